The van der Waals surface area contributed by atoms with Crippen molar-refractivity contribution < 1.29 is 9.47 Å². The zero-order valence-corrected chi connectivity index (χ0v) is 14.4. The van der Waals surface area contributed by atoms with Gasteiger partial charge >= 0.3 is 0 Å². The average molecular weight is 326 g/mol. The topological polar surface area (TPSA) is 49.7 Å². The summed E-state index contributed by atoms with van der Waals surface area (Å²) in [6.45, 7) is 9.08. The molecule has 0 bridgehead atoms. The van der Waals surface area contributed by atoms with Gasteiger partial charge in [-0.25, -0.2) is 4.40 Å². The quantitative estimate of drug-likeness (QED) is 0.767. The molecule has 3 rings (SSSR count). The van der Waals surface area contributed by atoms with Gasteiger partial charge in [-0.15, -0.1) is 0 Å². The van der Waals surface area contributed by atoms with Gasteiger partial charge in [-0.2, -0.15) is 4.36 Å². The zero-order chi connectivity index (χ0) is 15.4. The van der Waals surface area contributed by atoms with E-state index >= 15 is 0 Å². The molecule has 7 heteroatoms. The molecule has 1 atom stereocenters. The number of piperazine rings is 1. The van der Waals surface area contributed by atoms with E-state index in [1.165, 1.54) is 0 Å². The number of methoxy groups -OCH3 is 1. The van der Waals surface area contributed by atoms with Crippen LogP contribution in [0.3, 0.4) is 0 Å². The van der Waals surface area contributed by atoms with Crippen LogP contribution < -0.4 is 0 Å². The number of rotatable bonds is 5. The summed E-state index contributed by atoms with van der Waals surface area (Å²) in [6.07, 6.45) is 2.07. The van der Waals surface area contributed by atoms with Crippen LogP contribution in [0, 0.1) is 0 Å². The summed E-state index contributed by atoms with van der Waals surface area (Å²) in [6, 6.07) is 0. The Balaban J connectivity index is 1.81. The maximum Gasteiger partial charge on any atom is 0.184 e. The van der Waals surface area contributed by atoms with Crippen LogP contribution in [0.5, 0.6) is 0 Å². The summed E-state index contributed by atoms with van der Waals surface area (Å²) in [5.74, 6) is 2.85. The fourth-order valence-corrected chi connectivity index (χ4v) is 4.27. The number of hydrogen-bond donors (Lipinski definition) is 0. The van der Waals surface area contributed by atoms with Crippen LogP contribution in [0.2, 0.25) is 0 Å². The fraction of sp³-hybridized carbons (Fsp3) is 0.800. The van der Waals surface area contributed by atoms with Crippen molar-refractivity contribution in [2.45, 2.75) is 19.8 Å². The highest BCUT2D eigenvalue weighted by atomic mass is 32.2. The highest BCUT2D eigenvalue weighted by molar-refractivity contribution is 7.86. The third-order valence-electron chi connectivity index (χ3n) is 4.27. The minimum Gasteiger partial charge on any atom is -0.488 e. The van der Waals surface area contributed by atoms with Gasteiger partial charge in [0.05, 0.1) is 18.9 Å². The lowest BCUT2D eigenvalue weighted by molar-refractivity contribution is 0.148. The lowest BCUT2D eigenvalue weighted by atomic mass is 10.1. The van der Waals surface area contributed by atoms with Crippen LogP contribution >= 0.6 is 0 Å². The Labute approximate surface area is 135 Å². The van der Waals surface area contributed by atoms with E-state index in [0.717, 1.165) is 75.2 Å². The second-order valence-corrected chi connectivity index (χ2v) is 7.15. The van der Waals surface area contributed by atoms with Gasteiger partial charge in [0, 0.05) is 49.9 Å². The molecule has 0 N–H and O–H groups in total. The standard InChI is InChI=1S/C15H26N4O2S/c1-3-18-6-8-19(9-7-18)15-14-13(5-4-10-21-14)16-22(17-15)12-11-20-2/h3-12H2,1-2H3. The molecule has 3 aliphatic heterocycles. The van der Waals surface area contributed by atoms with Crippen molar-refractivity contribution in [3.8, 4) is 0 Å². The van der Waals surface area contributed by atoms with Crippen molar-refractivity contribution in [3.63, 3.8) is 0 Å². The molecule has 0 aromatic heterocycles. The van der Waals surface area contributed by atoms with Crippen LogP contribution in [0.4, 0.5) is 0 Å². The first-order valence-corrected chi connectivity index (χ1v) is 9.46. The molecular weight excluding hydrogens is 300 g/mol. The minimum atomic E-state index is -0.310. The Morgan fingerprint density at radius 1 is 1.27 bits per heavy atom. The molecule has 0 aromatic rings. The lowest BCUT2D eigenvalue weighted by Crippen LogP contribution is -2.46. The van der Waals surface area contributed by atoms with E-state index in [1.54, 1.807) is 7.11 Å². The number of nitrogens with zero attached hydrogens (tertiary/aromatic N) is 4. The monoisotopic (exact) mass is 326 g/mol. The van der Waals surface area contributed by atoms with Crippen molar-refractivity contribution >= 4 is 16.6 Å². The number of allylic oxidation sites excluding steroid dienone is 1. The Morgan fingerprint density at radius 3 is 2.82 bits per heavy atom. The maximum absolute atomic E-state index is 5.93. The van der Waals surface area contributed by atoms with Gasteiger partial charge in [0.25, 0.3) is 0 Å². The molecule has 124 valence electrons. The first-order chi connectivity index (χ1) is 10.8. The molecule has 3 aliphatic rings. The van der Waals surface area contributed by atoms with Crippen molar-refractivity contribution in [1.82, 2.24) is 9.80 Å². The summed E-state index contributed by atoms with van der Waals surface area (Å²) in [7, 11) is 1.42. The largest absolute Gasteiger partial charge is 0.488 e. The zero-order valence-electron chi connectivity index (χ0n) is 13.6. The first kappa shape index (κ1) is 16.0. The van der Waals surface area contributed by atoms with Crippen LogP contribution in [0.25, 0.3) is 0 Å². The van der Waals surface area contributed by atoms with E-state index in [2.05, 4.69) is 16.7 Å². The Bertz CT molecular complexity index is 496. The summed E-state index contributed by atoms with van der Waals surface area (Å²) >= 11 is 0. The maximum atomic E-state index is 5.93. The summed E-state index contributed by atoms with van der Waals surface area (Å²) < 4.78 is 20.8. The number of likely N-dealkylation sites (N-methyl/N-ethyl adjacent to an activating group) is 1. The molecule has 2 fully saturated rings. The van der Waals surface area contributed by atoms with Gasteiger partial charge in [-0.3, -0.25) is 0 Å². The normalized spacial score (nSPS) is 26.2. The van der Waals surface area contributed by atoms with E-state index in [9.17, 15) is 0 Å². The van der Waals surface area contributed by atoms with E-state index in [4.69, 9.17) is 18.2 Å². The third-order valence-corrected chi connectivity index (χ3v) is 5.61. The van der Waals surface area contributed by atoms with Gasteiger partial charge in [-0.05, 0) is 19.4 Å². The number of hydrogen-bond acceptors (Lipinski definition) is 6. The number of ether oxygens (including phenoxy) is 2. The Hall–Kier alpha value is -0.920. The predicted octanol–water partition coefficient (Wildman–Crippen LogP) is 1.42. The van der Waals surface area contributed by atoms with Crippen LogP contribution in [-0.2, 0) is 20.4 Å². The molecule has 22 heavy (non-hydrogen) atoms. The van der Waals surface area contributed by atoms with E-state index < -0.39 is 0 Å². The lowest BCUT2D eigenvalue weighted by Gasteiger charge is -2.37. The minimum absolute atomic E-state index is 0.310. The predicted molar refractivity (Wildman–Crippen MR) is 89.9 cm³/mol. The van der Waals surface area contributed by atoms with Crippen LogP contribution in [0.1, 0.15) is 19.8 Å². The molecule has 6 nitrogen and oxygen atoms in total. The van der Waals surface area contributed by atoms with Gasteiger partial charge in [0.15, 0.2) is 11.6 Å². The van der Waals surface area contributed by atoms with E-state index in [-0.39, 0.29) is 10.9 Å². The Morgan fingerprint density at radius 2 is 2.09 bits per heavy atom. The molecule has 0 radical (unpaired) electrons. The molecule has 0 saturated carbocycles. The van der Waals surface area contributed by atoms with Gasteiger partial charge in [0.2, 0.25) is 0 Å². The van der Waals surface area contributed by atoms with Crippen LogP contribution in [-0.4, -0.2) is 74.3 Å². The summed E-state index contributed by atoms with van der Waals surface area (Å²) in [5, 5.41) is 0. The van der Waals surface area contributed by atoms with Crippen LogP contribution in [0.15, 0.2) is 20.3 Å². The average Bonchev–Trinajstić information content (AvgIpc) is 2.59. The van der Waals surface area contributed by atoms with Crippen molar-refractivity contribution in [3.05, 3.63) is 11.6 Å². The molecule has 0 aliphatic carbocycles. The summed E-state index contributed by atoms with van der Waals surface area (Å²) in [4.78, 5) is 4.86. The fourth-order valence-electron chi connectivity index (χ4n) is 2.91. The smallest absolute Gasteiger partial charge is 0.184 e. The van der Waals surface area contributed by atoms with Gasteiger partial charge in [-0.1, -0.05) is 6.92 Å². The summed E-state index contributed by atoms with van der Waals surface area (Å²) in [5.41, 5.74) is 1.12. The highest BCUT2D eigenvalue weighted by Gasteiger charge is 2.29. The highest BCUT2D eigenvalue weighted by Crippen LogP contribution is 2.27. The molecular formula is C15H26N4O2S. The third kappa shape index (κ3) is 3.52. The van der Waals surface area contributed by atoms with Gasteiger partial charge < -0.3 is 19.3 Å². The Kier molecular flexibility index (Phi) is 5.49. The molecule has 2 saturated heterocycles. The van der Waals surface area contributed by atoms with E-state index in [1.807, 2.05) is 0 Å². The molecule has 1 unspecified atom stereocenters. The SMILES string of the molecule is CCN1CCN(C2=C3OCCCC3=NS(CCOC)=N2)CC1. The second kappa shape index (κ2) is 7.57. The first-order valence-electron chi connectivity index (χ1n) is 8.16. The van der Waals surface area contributed by atoms with Crippen molar-refractivity contribution in [2.75, 3.05) is 58.8 Å². The van der Waals surface area contributed by atoms with Gasteiger partial charge in [0.1, 0.15) is 0 Å². The second-order valence-electron chi connectivity index (χ2n) is 5.69. The molecule has 0 aromatic carbocycles. The molecule has 3 heterocycles. The van der Waals surface area contributed by atoms with Crippen molar-refractivity contribution in [1.29, 1.82) is 0 Å². The molecule has 0 amide bonds. The molecule has 0 spiro atoms. The number of fused-ring (bicyclic) bond motifs is 1. The van der Waals surface area contributed by atoms with E-state index in [0.29, 0.717) is 6.61 Å². The van der Waals surface area contributed by atoms with Crippen molar-refractivity contribution in [2.24, 2.45) is 8.76 Å².